The standard InChI is InChI=1S/C15H13FN2O3/c1-21-14-6-7-15(20)18(17-14)10-12-5-4-11(3-2-8-19)9-13(12)16/h4-7,9,19H,8,10H2,1H3. The third-order valence-electron chi connectivity index (χ3n) is 2.74. The highest BCUT2D eigenvalue weighted by Crippen LogP contribution is 2.11. The van der Waals surface area contributed by atoms with Crippen LogP contribution in [0.4, 0.5) is 4.39 Å². The van der Waals surface area contributed by atoms with Gasteiger partial charge in [0.15, 0.2) is 0 Å². The van der Waals surface area contributed by atoms with Crippen molar-refractivity contribution in [2.75, 3.05) is 13.7 Å². The summed E-state index contributed by atoms with van der Waals surface area (Å²) in [5, 5.41) is 12.6. The van der Waals surface area contributed by atoms with Crippen LogP contribution in [0.25, 0.3) is 0 Å². The lowest BCUT2D eigenvalue weighted by molar-refractivity contribution is 0.350. The van der Waals surface area contributed by atoms with Crippen molar-refractivity contribution >= 4 is 0 Å². The van der Waals surface area contributed by atoms with Crippen molar-refractivity contribution in [2.45, 2.75) is 6.54 Å². The Morgan fingerprint density at radius 3 is 2.86 bits per heavy atom. The van der Waals surface area contributed by atoms with E-state index in [-0.39, 0.29) is 24.6 Å². The normalized spacial score (nSPS) is 9.86. The van der Waals surface area contributed by atoms with Gasteiger partial charge in [0.05, 0.1) is 13.7 Å². The molecule has 0 saturated heterocycles. The number of aliphatic hydroxyl groups is 1. The van der Waals surface area contributed by atoms with Gasteiger partial charge in [0.25, 0.3) is 5.56 Å². The lowest BCUT2D eigenvalue weighted by Crippen LogP contribution is -2.23. The van der Waals surface area contributed by atoms with Gasteiger partial charge in [0, 0.05) is 23.3 Å². The van der Waals surface area contributed by atoms with Crippen molar-refractivity contribution in [3.63, 3.8) is 0 Å². The van der Waals surface area contributed by atoms with Crippen molar-refractivity contribution in [1.29, 1.82) is 0 Å². The highest BCUT2D eigenvalue weighted by molar-refractivity contribution is 5.37. The van der Waals surface area contributed by atoms with Crippen molar-refractivity contribution in [2.24, 2.45) is 0 Å². The van der Waals surface area contributed by atoms with Gasteiger partial charge >= 0.3 is 0 Å². The molecule has 0 atom stereocenters. The number of halogens is 1. The maximum absolute atomic E-state index is 14.0. The molecule has 0 bridgehead atoms. The second-order valence-corrected chi connectivity index (χ2v) is 4.14. The fourth-order valence-corrected chi connectivity index (χ4v) is 1.71. The number of benzene rings is 1. The average molecular weight is 288 g/mol. The fourth-order valence-electron chi connectivity index (χ4n) is 1.71. The lowest BCUT2D eigenvalue weighted by atomic mass is 10.1. The van der Waals surface area contributed by atoms with Crippen LogP contribution in [0.15, 0.2) is 35.1 Å². The summed E-state index contributed by atoms with van der Waals surface area (Å²) in [6.45, 7) is -0.290. The molecular weight excluding hydrogens is 275 g/mol. The topological polar surface area (TPSA) is 64.3 Å². The summed E-state index contributed by atoms with van der Waals surface area (Å²) in [7, 11) is 1.44. The molecule has 0 unspecified atom stereocenters. The van der Waals surface area contributed by atoms with E-state index >= 15 is 0 Å². The van der Waals surface area contributed by atoms with E-state index in [2.05, 4.69) is 16.9 Å². The molecule has 0 radical (unpaired) electrons. The molecule has 5 nitrogen and oxygen atoms in total. The zero-order valence-corrected chi connectivity index (χ0v) is 11.3. The van der Waals surface area contributed by atoms with Gasteiger partial charge in [0.1, 0.15) is 12.4 Å². The highest BCUT2D eigenvalue weighted by atomic mass is 19.1. The molecule has 6 heteroatoms. The van der Waals surface area contributed by atoms with Gasteiger partial charge in [-0.15, -0.1) is 5.10 Å². The predicted octanol–water partition coefficient (Wildman–Crippen LogP) is 0.783. The van der Waals surface area contributed by atoms with Crippen molar-refractivity contribution in [3.05, 3.63) is 57.6 Å². The summed E-state index contributed by atoms with van der Waals surface area (Å²) in [5.41, 5.74) is 0.419. The number of hydrogen-bond donors (Lipinski definition) is 1. The van der Waals surface area contributed by atoms with Crippen LogP contribution < -0.4 is 10.3 Å². The molecule has 0 spiro atoms. The smallest absolute Gasteiger partial charge is 0.267 e. The van der Waals surface area contributed by atoms with Gasteiger partial charge in [-0.2, -0.15) is 0 Å². The number of nitrogens with zero attached hydrogens (tertiary/aromatic N) is 2. The average Bonchev–Trinajstić information content (AvgIpc) is 2.49. The van der Waals surface area contributed by atoms with Crippen LogP contribution in [0.2, 0.25) is 0 Å². The Hall–Kier alpha value is -2.65. The van der Waals surface area contributed by atoms with E-state index in [1.807, 2.05) is 0 Å². The van der Waals surface area contributed by atoms with Crippen molar-refractivity contribution < 1.29 is 14.2 Å². The maximum Gasteiger partial charge on any atom is 0.267 e. The van der Waals surface area contributed by atoms with E-state index in [9.17, 15) is 9.18 Å². The zero-order valence-electron chi connectivity index (χ0n) is 11.3. The quantitative estimate of drug-likeness (QED) is 0.848. The van der Waals surface area contributed by atoms with Gasteiger partial charge in [-0.3, -0.25) is 4.79 Å². The Kier molecular flexibility index (Phi) is 4.69. The Bertz CT molecular complexity index is 759. The van der Waals surface area contributed by atoms with E-state index in [4.69, 9.17) is 9.84 Å². The molecular formula is C15H13FN2O3. The molecule has 0 aliphatic heterocycles. The van der Waals surface area contributed by atoms with E-state index in [0.717, 1.165) is 4.68 Å². The van der Waals surface area contributed by atoms with Gasteiger partial charge in [-0.05, 0) is 12.1 Å². The summed E-state index contributed by atoms with van der Waals surface area (Å²) in [6.07, 6.45) is 0. The molecule has 0 aliphatic rings. The second-order valence-electron chi connectivity index (χ2n) is 4.14. The van der Waals surface area contributed by atoms with Crippen molar-refractivity contribution in [3.8, 4) is 17.7 Å². The number of methoxy groups -OCH3 is 1. The van der Waals surface area contributed by atoms with E-state index in [1.54, 1.807) is 6.07 Å². The van der Waals surface area contributed by atoms with Gasteiger partial charge in [0.2, 0.25) is 5.88 Å². The third kappa shape index (κ3) is 3.68. The summed E-state index contributed by atoms with van der Waals surface area (Å²) in [6, 6.07) is 7.16. The Morgan fingerprint density at radius 2 is 2.19 bits per heavy atom. The Labute approximate surface area is 120 Å². The molecule has 0 aliphatic carbocycles. The largest absolute Gasteiger partial charge is 0.480 e. The number of aliphatic hydroxyl groups excluding tert-OH is 1. The number of hydrogen-bond acceptors (Lipinski definition) is 4. The van der Waals surface area contributed by atoms with E-state index in [1.165, 1.54) is 31.4 Å². The van der Waals surface area contributed by atoms with Crippen LogP contribution in [0.1, 0.15) is 11.1 Å². The molecule has 108 valence electrons. The van der Waals surface area contributed by atoms with Crippen LogP contribution >= 0.6 is 0 Å². The van der Waals surface area contributed by atoms with Crippen LogP contribution in [0, 0.1) is 17.7 Å². The summed E-state index contributed by atoms with van der Waals surface area (Å²) in [4.78, 5) is 11.7. The maximum atomic E-state index is 14.0. The van der Waals surface area contributed by atoms with E-state index < -0.39 is 5.82 Å². The zero-order chi connectivity index (χ0) is 15.2. The first-order valence-corrected chi connectivity index (χ1v) is 6.14. The molecule has 1 aromatic heterocycles. The number of aromatic nitrogens is 2. The van der Waals surface area contributed by atoms with Gasteiger partial charge in [-0.25, -0.2) is 9.07 Å². The fraction of sp³-hybridized carbons (Fsp3) is 0.200. The van der Waals surface area contributed by atoms with Gasteiger partial charge < -0.3 is 9.84 Å². The highest BCUT2D eigenvalue weighted by Gasteiger charge is 2.07. The first-order valence-electron chi connectivity index (χ1n) is 6.14. The summed E-state index contributed by atoms with van der Waals surface area (Å²) < 4.78 is 20.0. The minimum absolute atomic E-state index is 0.00439. The molecule has 0 amide bonds. The lowest BCUT2D eigenvalue weighted by Gasteiger charge is -2.07. The molecule has 1 N–H and O–H groups in total. The molecule has 1 heterocycles. The van der Waals surface area contributed by atoms with Crippen LogP contribution in [0.3, 0.4) is 0 Å². The van der Waals surface area contributed by atoms with Gasteiger partial charge in [-0.1, -0.05) is 17.9 Å². The first-order chi connectivity index (χ1) is 10.1. The SMILES string of the molecule is COc1ccc(=O)n(Cc2ccc(C#CCO)cc2F)n1. The Morgan fingerprint density at radius 1 is 1.38 bits per heavy atom. The number of rotatable bonds is 3. The summed E-state index contributed by atoms with van der Waals surface area (Å²) >= 11 is 0. The predicted molar refractivity (Wildman–Crippen MR) is 74.5 cm³/mol. The van der Waals surface area contributed by atoms with Crippen LogP contribution in [-0.2, 0) is 6.54 Å². The van der Waals surface area contributed by atoms with Crippen LogP contribution in [-0.4, -0.2) is 28.6 Å². The van der Waals surface area contributed by atoms with Crippen molar-refractivity contribution in [1.82, 2.24) is 9.78 Å². The molecule has 2 rings (SSSR count). The minimum Gasteiger partial charge on any atom is -0.480 e. The van der Waals surface area contributed by atoms with Crippen LogP contribution in [0.5, 0.6) is 5.88 Å². The minimum atomic E-state index is -0.490. The molecule has 2 aromatic rings. The summed E-state index contributed by atoms with van der Waals surface area (Å²) in [5.74, 6) is 4.84. The number of ether oxygens (including phenoxy) is 1. The molecule has 0 fully saturated rings. The second kappa shape index (κ2) is 6.68. The Balaban J connectivity index is 2.30. The molecule has 0 saturated carbocycles. The van der Waals surface area contributed by atoms with E-state index in [0.29, 0.717) is 11.1 Å². The monoisotopic (exact) mass is 288 g/mol. The first kappa shape index (κ1) is 14.8. The molecule has 21 heavy (non-hydrogen) atoms. The third-order valence-corrected chi connectivity index (χ3v) is 2.74. The molecule has 1 aromatic carbocycles.